The summed E-state index contributed by atoms with van der Waals surface area (Å²) < 4.78 is 31.9. The predicted molar refractivity (Wildman–Crippen MR) is 94.7 cm³/mol. The van der Waals surface area contributed by atoms with Crippen molar-refractivity contribution in [1.82, 2.24) is 9.21 Å². The monoisotopic (exact) mass is 380 g/mol. The smallest absolute Gasteiger partial charge is 0.326 e. The molecule has 26 heavy (non-hydrogen) atoms. The van der Waals surface area contributed by atoms with Crippen molar-refractivity contribution in [3.05, 3.63) is 30.3 Å². The zero-order valence-corrected chi connectivity index (χ0v) is 15.7. The normalized spacial score (nSPS) is 22.3. The Balaban J connectivity index is 1.83. The van der Waals surface area contributed by atoms with E-state index in [2.05, 4.69) is 0 Å². The van der Waals surface area contributed by atoms with Crippen LogP contribution < -0.4 is 0 Å². The summed E-state index contributed by atoms with van der Waals surface area (Å²) in [5.74, 6) is -0.632. The zero-order valence-electron chi connectivity index (χ0n) is 14.8. The van der Waals surface area contributed by atoms with Crippen LogP contribution in [0.1, 0.15) is 25.7 Å². The summed E-state index contributed by atoms with van der Waals surface area (Å²) in [6.45, 7) is 0.401. The highest BCUT2D eigenvalue weighted by Crippen LogP contribution is 2.29. The lowest BCUT2D eigenvalue weighted by Crippen LogP contribution is -2.60. The molecule has 3 rings (SSSR count). The van der Waals surface area contributed by atoms with Crippen LogP contribution in [-0.2, 0) is 24.3 Å². The standard InChI is InChI=1S/C18H24N2O5S/c1-25-18(22)16-13-19(17(21)14-7-5-6-8-14)11-12-20(16)26(23,24)15-9-3-2-4-10-15/h2-4,9-10,14,16H,5-8,11-13H2,1H3/t16-/m1/s1. The number of nitrogens with zero attached hydrogens (tertiary/aromatic N) is 2. The highest BCUT2D eigenvalue weighted by Gasteiger charge is 2.43. The van der Waals surface area contributed by atoms with Crippen molar-refractivity contribution in [3.63, 3.8) is 0 Å². The second kappa shape index (κ2) is 7.75. The quantitative estimate of drug-likeness (QED) is 0.734. The van der Waals surface area contributed by atoms with E-state index in [-0.39, 0.29) is 36.4 Å². The van der Waals surface area contributed by atoms with E-state index < -0.39 is 22.0 Å². The Kier molecular flexibility index (Phi) is 5.62. The van der Waals surface area contributed by atoms with E-state index in [4.69, 9.17) is 4.74 Å². The maximum absolute atomic E-state index is 13.0. The predicted octanol–water partition coefficient (Wildman–Crippen LogP) is 1.25. The minimum Gasteiger partial charge on any atom is -0.468 e. The summed E-state index contributed by atoms with van der Waals surface area (Å²) in [6, 6.07) is 6.98. The third-order valence-corrected chi connectivity index (χ3v) is 7.09. The molecule has 1 heterocycles. The molecule has 1 saturated carbocycles. The van der Waals surface area contributed by atoms with Gasteiger partial charge < -0.3 is 9.64 Å². The molecule has 1 aliphatic heterocycles. The molecular weight excluding hydrogens is 356 g/mol. The number of hydrogen-bond donors (Lipinski definition) is 0. The second-order valence-corrected chi connectivity index (χ2v) is 8.62. The summed E-state index contributed by atoms with van der Waals surface area (Å²) in [5, 5.41) is 0. The van der Waals surface area contributed by atoms with Gasteiger partial charge in [0, 0.05) is 25.6 Å². The third kappa shape index (κ3) is 3.61. The number of benzene rings is 1. The molecule has 142 valence electrons. The molecule has 1 amide bonds. The van der Waals surface area contributed by atoms with Gasteiger partial charge in [-0.2, -0.15) is 4.31 Å². The van der Waals surface area contributed by atoms with Gasteiger partial charge >= 0.3 is 5.97 Å². The Labute approximate surface area is 154 Å². The Hall–Kier alpha value is -1.93. The molecule has 1 aromatic rings. The van der Waals surface area contributed by atoms with E-state index >= 15 is 0 Å². The van der Waals surface area contributed by atoms with Crippen molar-refractivity contribution in [2.75, 3.05) is 26.7 Å². The molecule has 0 N–H and O–H groups in total. The molecule has 7 nitrogen and oxygen atoms in total. The van der Waals surface area contributed by atoms with Crippen LogP contribution in [0, 0.1) is 5.92 Å². The number of amides is 1. The fourth-order valence-electron chi connectivity index (χ4n) is 3.74. The van der Waals surface area contributed by atoms with Gasteiger partial charge in [0.2, 0.25) is 15.9 Å². The van der Waals surface area contributed by atoms with Gasteiger partial charge in [-0.1, -0.05) is 31.0 Å². The van der Waals surface area contributed by atoms with Gasteiger partial charge in [0.05, 0.1) is 12.0 Å². The lowest BCUT2D eigenvalue weighted by Gasteiger charge is -2.39. The molecule has 0 aromatic heterocycles. The number of ether oxygens (including phenoxy) is 1. The average molecular weight is 380 g/mol. The third-order valence-electron chi connectivity index (χ3n) is 5.17. The molecule has 8 heteroatoms. The number of hydrogen-bond acceptors (Lipinski definition) is 5. The van der Waals surface area contributed by atoms with Crippen LogP contribution in [0.15, 0.2) is 35.2 Å². The Morgan fingerprint density at radius 3 is 2.35 bits per heavy atom. The van der Waals surface area contributed by atoms with Gasteiger partial charge in [0.1, 0.15) is 6.04 Å². The average Bonchev–Trinajstić information content (AvgIpc) is 3.21. The zero-order chi connectivity index (χ0) is 18.7. The SMILES string of the molecule is COC(=O)[C@H]1CN(C(=O)C2CCCC2)CCN1S(=O)(=O)c1ccccc1. The molecular formula is C18H24N2O5S. The molecule has 0 bridgehead atoms. The van der Waals surface area contributed by atoms with Crippen LogP contribution >= 0.6 is 0 Å². The van der Waals surface area contributed by atoms with Gasteiger partial charge in [-0.3, -0.25) is 9.59 Å². The first-order valence-corrected chi connectivity index (χ1v) is 10.3. The second-order valence-electron chi connectivity index (χ2n) is 6.73. The number of sulfonamides is 1. The highest BCUT2D eigenvalue weighted by atomic mass is 32.2. The van der Waals surface area contributed by atoms with Gasteiger partial charge in [-0.25, -0.2) is 8.42 Å². The molecule has 1 aliphatic carbocycles. The fourth-order valence-corrected chi connectivity index (χ4v) is 5.32. The van der Waals surface area contributed by atoms with Gasteiger partial charge in [-0.15, -0.1) is 0 Å². The highest BCUT2D eigenvalue weighted by molar-refractivity contribution is 7.89. The van der Waals surface area contributed by atoms with Crippen LogP contribution in [0.3, 0.4) is 0 Å². The van der Waals surface area contributed by atoms with Gasteiger partial charge in [0.15, 0.2) is 0 Å². The van der Waals surface area contributed by atoms with Crippen LogP contribution in [0.25, 0.3) is 0 Å². The minimum absolute atomic E-state index is 0.00872. The van der Waals surface area contributed by atoms with Crippen molar-refractivity contribution in [2.24, 2.45) is 5.92 Å². The van der Waals surface area contributed by atoms with Gasteiger partial charge in [-0.05, 0) is 25.0 Å². The van der Waals surface area contributed by atoms with Crippen LogP contribution in [0.5, 0.6) is 0 Å². The first-order chi connectivity index (χ1) is 12.4. The van der Waals surface area contributed by atoms with E-state index in [1.54, 1.807) is 23.1 Å². The number of esters is 1. The first-order valence-electron chi connectivity index (χ1n) is 8.88. The molecule has 2 fully saturated rings. The van der Waals surface area contributed by atoms with E-state index in [9.17, 15) is 18.0 Å². The molecule has 0 unspecified atom stereocenters. The van der Waals surface area contributed by atoms with Crippen molar-refractivity contribution in [2.45, 2.75) is 36.6 Å². The molecule has 1 aromatic carbocycles. The fraction of sp³-hybridized carbons (Fsp3) is 0.556. The summed E-state index contributed by atoms with van der Waals surface area (Å²) in [7, 11) is -2.61. The number of rotatable bonds is 4. The molecule has 0 spiro atoms. The maximum Gasteiger partial charge on any atom is 0.326 e. The lowest BCUT2D eigenvalue weighted by atomic mass is 10.1. The van der Waals surface area contributed by atoms with E-state index in [0.29, 0.717) is 0 Å². The van der Waals surface area contributed by atoms with Crippen LogP contribution in [0.4, 0.5) is 0 Å². The molecule has 2 aliphatic rings. The Morgan fingerprint density at radius 1 is 1.08 bits per heavy atom. The van der Waals surface area contributed by atoms with Crippen molar-refractivity contribution in [3.8, 4) is 0 Å². The molecule has 1 saturated heterocycles. The minimum atomic E-state index is -3.84. The first kappa shape index (κ1) is 18.8. The summed E-state index contributed by atoms with van der Waals surface area (Å²) >= 11 is 0. The number of carbonyl (C=O) groups is 2. The molecule has 0 radical (unpaired) electrons. The van der Waals surface area contributed by atoms with Crippen molar-refractivity contribution >= 4 is 21.9 Å². The molecule has 1 atom stereocenters. The van der Waals surface area contributed by atoms with Crippen LogP contribution in [-0.4, -0.2) is 62.3 Å². The topological polar surface area (TPSA) is 84.0 Å². The largest absolute Gasteiger partial charge is 0.468 e. The Bertz CT molecular complexity index is 759. The van der Waals surface area contributed by atoms with Gasteiger partial charge in [0.25, 0.3) is 0 Å². The number of methoxy groups -OCH3 is 1. The van der Waals surface area contributed by atoms with Crippen molar-refractivity contribution in [1.29, 1.82) is 0 Å². The lowest BCUT2D eigenvalue weighted by molar-refractivity contribution is -0.149. The Morgan fingerprint density at radius 2 is 1.73 bits per heavy atom. The van der Waals surface area contributed by atoms with Crippen LogP contribution in [0.2, 0.25) is 0 Å². The summed E-state index contributed by atoms with van der Waals surface area (Å²) in [6.07, 6.45) is 3.81. The maximum atomic E-state index is 13.0. The number of piperazine rings is 1. The van der Waals surface area contributed by atoms with Crippen molar-refractivity contribution < 1.29 is 22.7 Å². The summed E-state index contributed by atoms with van der Waals surface area (Å²) in [4.78, 5) is 26.7. The van der Waals surface area contributed by atoms with E-state index in [1.165, 1.54) is 19.2 Å². The van der Waals surface area contributed by atoms with E-state index in [1.807, 2.05) is 0 Å². The van der Waals surface area contributed by atoms with E-state index in [0.717, 1.165) is 30.0 Å². The summed E-state index contributed by atoms with van der Waals surface area (Å²) in [5.41, 5.74) is 0. The number of carbonyl (C=O) groups excluding carboxylic acids is 2.